The number of nitrogens with one attached hydrogen (secondary N) is 2. The molecule has 0 aromatic heterocycles. The van der Waals surface area contributed by atoms with E-state index in [1.165, 1.54) is 0 Å². The van der Waals surface area contributed by atoms with Crippen LogP contribution < -0.4 is 10.6 Å². The standard InChI is InChI=1S/C12H10ClN3O3S/c13-7-2-1-3-8(4-7)14-11(19)6-20-12-15-9(17)5-10(18)16-12/h1-4H,5-6H2,(H,14,19)(H,15,16,17,18). The van der Waals surface area contributed by atoms with E-state index in [4.69, 9.17) is 11.6 Å². The molecule has 2 N–H and O–H groups in total. The van der Waals surface area contributed by atoms with Gasteiger partial charge < -0.3 is 10.6 Å². The molecule has 3 amide bonds. The molecule has 0 saturated heterocycles. The number of amidine groups is 1. The van der Waals surface area contributed by atoms with Gasteiger partial charge in [0.1, 0.15) is 6.42 Å². The molecule has 0 atom stereocenters. The number of thioether (sulfide) groups is 1. The van der Waals surface area contributed by atoms with Crippen LogP contribution >= 0.6 is 23.4 Å². The first kappa shape index (κ1) is 14.5. The highest BCUT2D eigenvalue weighted by Gasteiger charge is 2.19. The average molecular weight is 312 g/mol. The highest BCUT2D eigenvalue weighted by molar-refractivity contribution is 8.14. The van der Waals surface area contributed by atoms with Crippen LogP contribution in [0, 0.1) is 0 Å². The van der Waals surface area contributed by atoms with Crippen molar-refractivity contribution in [3.8, 4) is 0 Å². The van der Waals surface area contributed by atoms with Crippen molar-refractivity contribution in [2.75, 3.05) is 11.1 Å². The van der Waals surface area contributed by atoms with Gasteiger partial charge in [0.2, 0.25) is 11.8 Å². The van der Waals surface area contributed by atoms with Crippen LogP contribution in [0.3, 0.4) is 0 Å². The zero-order chi connectivity index (χ0) is 14.5. The Kier molecular flexibility index (Phi) is 4.75. The predicted octanol–water partition coefficient (Wildman–Crippen LogP) is 1.41. The van der Waals surface area contributed by atoms with Crippen LogP contribution in [0.15, 0.2) is 29.3 Å². The highest BCUT2D eigenvalue weighted by atomic mass is 35.5. The first-order valence-electron chi connectivity index (χ1n) is 5.62. The van der Waals surface area contributed by atoms with Crippen molar-refractivity contribution in [2.24, 2.45) is 4.99 Å². The van der Waals surface area contributed by atoms with E-state index in [-0.39, 0.29) is 23.2 Å². The molecule has 8 heteroatoms. The monoisotopic (exact) mass is 311 g/mol. The van der Waals surface area contributed by atoms with Crippen molar-refractivity contribution in [1.29, 1.82) is 0 Å². The molecule has 1 aromatic carbocycles. The van der Waals surface area contributed by atoms with E-state index in [1.807, 2.05) is 0 Å². The number of anilines is 1. The number of benzene rings is 1. The van der Waals surface area contributed by atoms with Crippen molar-refractivity contribution < 1.29 is 14.4 Å². The zero-order valence-corrected chi connectivity index (χ0v) is 11.8. The molecule has 0 saturated carbocycles. The Morgan fingerprint density at radius 2 is 2.25 bits per heavy atom. The van der Waals surface area contributed by atoms with Crippen LogP contribution in [-0.4, -0.2) is 28.6 Å². The van der Waals surface area contributed by atoms with Crippen LogP contribution in [0.1, 0.15) is 6.42 Å². The minimum atomic E-state index is -0.508. The first-order chi connectivity index (χ1) is 9.52. The summed E-state index contributed by atoms with van der Waals surface area (Å²) in [4.78, 5) is 37.5. The van der Waals surface area contributed by atoms with Crippen molar-refractivity contribution in [2.45, 2.75) is 6.42 Å². The molecule has 0 aliphatic carbocycles. The van der Waals surface area contributed by atoms with Crippen molar-refractivity contribution >= 4 is 51.9 Å². The van der Waals surface area contributed by atoms with Crippen molar-refractivity contribution in [3.05, 3.63) is 29.3 Å². The summed E-state index contributed by atoms with van der Waals surface area (Å²) in [6.07, 6.45) is -0.251. The fourth-order valence-corrected chi connectivity index (χ4v) is 2.33. The van der Waals surface area contributed by atoms with Crippen LogP contribution in [-0.2, 0) is 14.4 Å². The molecule has 104 valence electrons. The van der Waals surface area contributed by atoms with E-state index in [1.54, 1.807) is 24.3 Å². The van der Waals surface area contributed by atoms with Gasteiger partial charge in [0.25, 0.3) is 5.91 Å². The lowest BCUT2D eigenvalue weighted by molar-refractivity contribution is -0.127. The van der Waals surface area contributed by atoms with E-state index in [0.29, 0.717) is 10.7 Å². The molecular formula is C12H10ClN3O3S. The van der Waals surface area contributed by atoms with E-state index >= 15 is 0 Å². The summed E-state index contributed by atoms with van der Waals surface area (Å²) in [5, 5.41) is 5.74. The average Bonchev–Trinajstić information content (AvgIpc) is 2.35. The third kappa shape index (κ3) is 4.36. The Labute approximate surface area is 124 Å². The number of hydrogen-bond acceptors (Lipinski definition) is 4. The number of hydrogen-bond donors (Lipinski definition) is 2. The number of rotatable bonds is 3. The predicted molar refractivity (Wildman–Crippen MR) is 77.7 cm³/mol. The second kappa shape index (κ2) is 6.53. The van der Waals surface area contributed by atoms with Crippen molar-refractivity contribution in [1.82, 2.24) is 5.32 Å². The third-order valence-corrected chi connectivity index (χ3v) is 3.34. The van der Waals surface area contributed by atoms with Crippen LogP contribution in [0.4, 0.5) is 5.69 Å². The molecular weight excluding hydrogens is 302 g/mol. The lowest BCUT2D eigenvalue weighted by Crippen LogP contribution is -2.35. The van der Waals surface area contributed by atoms with E-state index in [9.17, 15) is 14.4 Å². The molecule has 0 spiro atoms. The number of nitrogens with zero attached hydrogens (tertiary/aromatic N) is 1. The summed E-state index contributed by atoms with van der Waals surface area (Å²) in [6, 6.07) is 6.74. The molecule has 1 aliphatic heterocycles. The van der Waals surface area contributed by atoms with Gasteiger partial charge in [-0.25, -0.2) is 0 Å². The quantitative estimate of drug-likeness (QED) is 0.826. The number of halogens is 1. The SMILES string of the molecule is O=C1CC(=O)NC(SCC(=O)Nc2cccc(Cl)c2)=N1. The van der Waals surface area contributed by atoms with Gasteiger partial charge in [0.15, 0.2) is 5.17 Å². The van der Waals surface area contributed by atoms with Gasteiger partial charge in [-0.2, -0.15) is 4.99 Å². The summed E-state index contributed by atoms with van der Waals surface area (Å²) < 4.78 is 0. The third-order valence-electron chi connectivity index (χ3n) is 2.23. The van der Waals surface area contributed by atoms with E-state index < -0.39 is 11.8 Å². The Hall–Kier alpha value is -1.86. The fourth-order valence-electron chi connectivity index (χ4n) is 1.45. The fraction of sp³-hybridized carbons (Fsp3) is 0.167. The minimum Gasteiger partial charge on any atom is -0.325 e. The molecule has 1 aliphatic rings. The van der Waals surface area contributed by atoms with Gasteiger partial charge >= 0.3 is 0 Å². The number of carbonyl (C=O) groups is 3. The largest absolute Gasteiger partial charge is 0.325 e. The Bertz CT molecular complexity index is 603. The summed E-state index contributed by atoms with van der Waals surface area (Å²) in [7, 11) is 0. The molecule has 0 unspecified atom stereocenters. The van der Waals surface area contributed by atoms with Gasteiger partial charge in [0.05, 0.1) is 5.75 Å². The van der Waals surface area contributed by atoms with Crippen LogP contribution in [0.5, 0.6) is 0 Å². The van der Waals surface area contributed by atoms with Gasteiger partial charge in [-0.15, -0.1) is 0 Å². The summed E-state index contributed by atoms with van der Waals surface area (Å²) in [5.74, 6) is -1.18. The summed E-state index contributed by atoms with van der Waals surface area (Å²) >= 11 is 6.79. The topological polar surface area (TPSA) is 87.6 Å². The molecule has 0 fully saturated rings. The second-order valence-electron chi connectivity index (χ2n) is 3.88. The van der Waals surface area contributed by atoms with Gasteiger partial charge in [-0.3, -0.25) is 14.4 Å². The molecule has 0 radical (unpaired) electrons. The molecule has 0 bridgehead atoms. The Morgan fingerprint density at radius 1 is 1.45 bits per heavy atom. The molecule has 1 aromatic rings. The van der Waals surface area contributed by atoms with Gasteiger partial charge in [-0.1, -0.05) is 29.4 Å². The first-order valence-corrected chi connectivity index (χ1v) is 6.99. The molecule has 2 rings (SSSR count). The Morgan fingerprint density at radius 3 is 2.95 bits per heavy atom. The number of amides is 3. The Balaban J connectivity index is 1.86. The zero-order valence-electron chi connectivity index (χ0n) is 10.2. The van der Waals surface area contributed by atoms with E-state index in [0.717, 1.165) is 11.8 Å². The van der Waals surface area contributed by atoms with Gasteiger partial charge in [-0.05, 0) is 18.2 Å². The van der Waals surface area contributed by atoms with Crippen molar-refractivity contribution in [3.63, 3.8) is 0 Å². The second-order valence-corrected chi connectivity index (χ2v) is 5.28. The normalized spacial score (nSPS) is 14.6. The van der Waals surface area contributed by atoms with Crippen LogP contribution in [0.25, 0.3) is 0 Å². The van der Waals surface area contributed by atoms with Crippen LogP contribution in [0.2, 0.25) is 5.02 Å². The molecule has 1 heterocycles. The number of aliphatic imine (C=N–C) groups is 1. The smallest absolute Gasteiger partial charge is 0.257 e. The molecule has 6 nitrogen and oxygen atoms in total. The summed E-state index contributed by atoms with van der Waals surface area (Å²) in [6.45, 7) is 0. The summed E-state index contributed by atoms with van der Waals surface area (Å²) in [5.41, 5.74) is 0.578. The maximum absolute atomic E-state index is 11.7. The van der Waals surface area contributed by atoms with Gasteiger partial charge in [0, 0.05) is 10.7 Å². The number of carbonyl (C=O) groups excluding carboxylic acids is 3. The minimum absolute atomic E-state index is 0.0267. The maximum atomic E-state index is 11.7. The maximum Gasteiger partial charge on any atom is 0.257 e. The molecule has 20 heavy (non-hydrogen) atoms. The van der Waals surface area contributed by atoms with E-state index in [2.05, 4.69) is 15.6 Å². The lowest BCUT2D eigenvalue weighted by Gasteiger charge is -2.11. The lowest BCUT2D eigenvalue weighted by atomic mass is 10.3. The highest BCUT2D eigenvalue weighted by Crippen LogP contribution is 2.15.